The van der Waals surface area contributed by atoms with Gasteiger partial charge in [-0.1, -0.05) is 6.92 Å². The maximum atomic E-state index is 12.3. The summed E-state index contributed by atoms with van der Waals surface area (Å²) in [7, 11) is -8.33. The lowest BCUT2D eigenvalue weighted by Gasteiger charge is -2.11. The minimum atomic E-state index is -4.69. The largest absolute Gasteiger partial charge is 0.341 e. The SMILES string of the molecule is CC(CCl)CS(=O)(=O)Nc1ccc(S(=O)(=O)C(F)F)cc1. The second-order valence-electron chi connectivity index (χ2n) is 4.47. The lowest BCUT2D eigenvalue weighted by molar-refractivity contribution is 0.234. The average Bonchev–Trinajstić information content (AvgIpc) is 2.37. The average molecular weight is 362 g/mol. The normalized spacial score (nSPS) is 14.1. The highest BCUT2D eigenvalue weighted by molar-refractivity contribution is 7.92. The number of hydrogen-bond donors (Lipinski definition) is 1. The fraction of sp³-hybridized carbons (Fsp3) is 0.455. The summed E-state index contributed by atoms with van der Waals surface area (Å²) in [5.74, 6) is -3.81. The molecule has 0 bridgehead atoms. The summed E-state index contributed by atoms with van der Waals surface area (Å²) >= 11 is 5.53. The first-order valence-corrected chi connectivity index (χ1v) is 9.50. The van der Waals surface area contributed by atoms with Crippen molar-refractivity contribution in [1.29, 1.82) is 0 Å². The first kappa shape index (κ1) is 18.1. The number of nitrogens with one attached hydrogen (secondary N) is 1. The third kappa shape index (κ3) is 5.08. The molecule has 0 fully saturated rings. The van der Waals surface area contributed by atoms with Gasteiger partial charge in [0.15, 0.2) is 0 Å². The van der Waals surface area contributed by atoms with Gasteiger partial charge in [0.25, 0.3) is 0 Å². The second kappa shape index (κ2) is 6.89. The van der Waals surface area contributed by atoms with Gasteiger partial charge in [0, 0.05) is 11.6 Å². The third-order valence-corrected chi connectivity index (χ3v) is 5.94. The smallest absolute Gasteiger partial charge is 0.284 e. The van der Waals surface area contributed by atoms with E-state index >= 15 is 0 Å². The molecule has 0 aliphatic rings. The Balaban J connectivity index is 2.90. The van der Waals surface area contributed by atoms with Crippen LogP contribution in [0.15, 0.2) is 29.2 Å². The molecule has 1 aromatic carbocycles. The number of benzene rings is 1. The van der Waals surface area contributed by atoms with Crippen LogP contribution in [-0.2, 0) is 19.9 Å². The molecule has 10 heteroatoms. The van der Waals surface area contributed by atoms with Crippen molar-refractivity contribution in [3.05, 3.63) is 24.3 Å². The molecule has 0 amide bonds. The predicted octanol–water partition coefficient (Wildman–Crippen LogP) is 2.30. The van der Waals surface area contributed by atoms with Crippen LogP contribution in [0, 0.1) is 5.92 Å². The maximum Gasteiger partial charge on any atom is 0.341 e. The van der Waals surface area contributed by atoms with Crippen LogP contribution in [0.3, 0.4) is 0 Å². The van der Waals surface area contributed by atoms with Gasteiger partial charge in [-0.05, 0) is 30.2 Å². The van der Waals surface area contributed by atoms with Gasteiger partial charge in [-0.3, -0.25) is 4.72 Å². The van der Waals surface area contributed by atoms with Crippen LogP contribution in [-0.4, -0.2) is 34.2 Å². The fourth-order valence-corrected chi connectivity index (χ4v) is 3.86. The Morgan fingerprint density at radius 1 is 1.14 bits per heavy atom. The zero-order valence-corrected chi connectivity index (χ0v) is 13.4. The molecule has 1 rings (SSSR count). The molecule has 1 unspecified atom stereocenters. The van der Waals surface area contributed by atoms with Gasteiger partial charge < -0.3 is 0 Å². The van der Waals surface area contributed by atoms with Gasteiger partial charge in [-0.2, -0.15) is 8.78 Å². The van der Waals surface area contributed by atoms with Gasteiger partial charge in [-0.15, -0.1) is 11.6 Å². The van der Waals surface area contributed by atoms with Crippen LogP contribution in [0.4, 0.5) is 14.5 Å². The zero-order valence-electron chi connectivity index (χ0n) is 11.0. The molecule has 0 heterocycles. The van der Waals surface area contributed by atoms with E-state index in [0.29, 0.717) is 0 Å². The maximum absolute atomic E-state index is 12.3. The number of sulfone groups is 1. The Hall–Kier alpha value is -0.930. The van der Waals surface area contributed by atoms with E-state index < -0.39 is 30.5 Å². The summed E-state index contributed by atoms with van der Waals surface area (Å²) in [5, 5.41) is 0. The van der Waals surface area contributed by atoms with Crippen molar-refractivity contribution in [2.45, 2.75) is 17.6 Å². The fourth-order valence-electron chi connectivity index (χ4n) is 1.46. The van der Waals surface area contributed by atoms with Crippen molar-refractivity contribution in [3.63, 3.8) is 0 Å². The molecular formula is C11H14ClF2NO4S2. The zero-order chi connectivity index (χ0) is 16.3. The summed E-state index contributed by atoms with van der Waals surface area (Å²) < 4.78 is 72.8. The number of rotatable bonds is 7. The lowest BCUT2D eigenvalue weighted by atomic mass is 10.3. The third-order valence-electron chi connectivity index (χ3n) is 2.46. The van der Waals surface area contributed by atoms with Crippen molar-refractivity contribution in [1.82, 2.24) is 0 Å². The molecule has 0 aliphatic heterocycles. The van der Waals surface area contributed by atoms with E-state index in [0.717, 1.165) is 24.3 Å². The van der Waals surface area contributed by atoms with Crippen molar-refractivity contribution in [2.24, 2.45) is 5.92 Å². The van der Waals surface area contributed by atoms with Gasteiger partial charge in [0.2, 0.25) is 19.9 Å². The minimum Gasteiger partial charge on any atom is -0.284 e. The summed E-state index contributed by atoms with van der Waals surface area (Å²) in [6.45, 7) is 1.66. The monoisotopic (exact) mass is 361 g/mol. The molecule has 1 N–H and O–H groups in total. The van der Waals surface area contributed by atoms with Crippen molar-refractivity contribution >= 4 is 37.1 Å². The molecular weight excluding hydrogens is 348 g/mol. The van der Waals surface area contributed by atoms with Crippen LogP contribution in [0.25, 0.3) is 0 Å². The summed E-state index contributed by atoms with van der Waals surface area (Å²) in [6, 6.07) is 4.06. The van der Waals surface area contributed by atoms with Crippen molar-refractivity contribution < 1.29 is 25.6 Å². The van der Waals surface area contributed by atoms with Gasteiger partial charge in [0.1, 0.15) is 0 Å². The number of alkyl halides is 3. The van der Waals surface area contributed by atoms with Crippen LogP contribution in [0.1, 0.15) is 6.92 Å². The van der Waals surface area contributed by atoms with Gasteiger partial charge >= 0.3 is 5.76 Å². The summed E-state index contributed by atoms with van der Waals surface area (Å²) in [4.78, 5) is -0.574. The van der Waals surface area contributed by atoms with E-state index in [4.69, 9.17) is 11.6 Å². The molecule has 120 valence electrons. The van der Waals surface area contributed by atoms with E-state index in [-0.39, 0.29) is 23.2 Å². The van der Waals surface area contributed by atoms with E-state index in [1.807, 2.05) is 0 Å². The van der Waals surface area contributed by atoms with E-state index in [9.17, 15) is 25.6 Å². The molecule has 0 spiro atoms. The number of halogens is 3. The molecule has 0 saturated heterocycles. The molecule has 0 saturated carbocycles. The Labute approximate surface area is 127 Å². The molecule has 0 aromatic heterocycles. The summed E-state index contributed by atoms with van der Waals surface area (Å²) in [6.07, 6.45) is 0. The first-order chi connectivity index (χ1) is 9.58. The molecule has 21 heavy (non-hydrogen) atoms. The summed E-state index contributed by atoms with van der Waals surface area (Å²) in [5.41, 5.74) is 0.0880. The first-order valence-electron chi connectivity index (χ1n) is 5.77. The quantitative estimate of drug-likeness (QED) is 0.756. The van der Waals surface area contributed by atoms with Crippen LogP contribution >= 0.6 is 11.6 Å². The Kier molecular flexibility index (Phi) is 5.94. The Bertz CT molecular complexity index is 675. The Morgan fingerprint density at radius 3 is 2.10 bits per heavy atom. The van der Waals surface area contributed by atoms with Crippen molar-refractivity contribution in [3.8, 4) is 0 Å². The molecule has 5 nitrogen and oxygen atoms in total. The topological polar surface area (TPSA) is 80.3 Å². The second-order valence-corrected chi connectivity index (χ2v) is 8.47. The highest BCUT2D eigenvalue weighted by Crippen LogP contribution is 2.21. The highest BCUT2D eigenvalue weighted by Gasteiger charge is 2.26. The van der Waals surface area contributed by atoms with Gasteiger partial charge in [-0.25, -0.2) is 16.8 Å². The lowest BCUT2D eigenvalue weighted by Crippen LogP contribution is -2.22. The predicted molar refractivity (Wildman–Crippen MR) is 76.9 cm³/mol. The van der Waals surface area contributed by atoms with Crippen LogP contribution in [0.2, 0.25) is 0 Å². The number of anilines is 1. The van der Waals surface area contributed by atoms with Crippen molar-refractivity contribution in [2.75, 3.05) is 16.4 Å². The number of sulfonamides is 1. The van der Waals surface area contributed by atoms with E-state index in [1.165, 1.54) is 0 Å². The standard InChI is InChI=1S/C11H14ClF2NO4S2/c1-8(6-12)7-20(16,17)15-9-2-4-10(5-3-9)21(18,19)11(13)14/h2-5,8,11,15H,6-7H2,1H3. The molecule has 0 aliphatic carbocycles. The minimum absolute atomic E-state index is 0.0880. The Morgan fingerprint density at radius 2 is 1.67 bits per heavy atom. The molecule has 0 radical (unpaired) electrons. The molecule has 1 atom stereocenters. The number of hydrogen-bond acceptors (Lipinski definition) is 4. The van der Waals surface area contributed by atoms with E-state index in [2.05, 4.69) is 4.72 Å². The van der Waals surface area contributed by atoms with E-state index in [1.54, 1.807) is 6.92 Å². The van der Waals surface area contributed by atoms with Crippen LogP contribution < -0.4 is 4.72 Å². The molecule has 1 aromatic rings. The van der Waals surface area contributed by atoms with Crippen LogP contribution in [0.5, 0.6) is 0 Å². The highest BCUT2D eigenvalue weighted by atomic mass is 35.5. The van der Waals surface area contributed by atoms with Gasteiger partial charge in [0.05, 0.1) is 10.6 Å².